The molecule has 0 aliphatic heterocycles. The third-order valence-corrected chi connectivity index (χ3v) is 6.04. The molecule has 0 aliphatic rings. The molecule has 0 bridgehead atoms. The maximum atomic E-state index is 12.9. The Bertz CT molecular complexity index is 705. The number of nitro groups is 1. The van der Waals surface area contributed by atoms with Crippen molar-refractivity contribution in [3.8, 4) is 0 Å². The average molecular weight is 501 g/mol. The fraction of sp³-hybridized carbons (Fsp3) is 0.600. The first kappa shape index (κ1) is 22.3. The van der Waals surface area contributed by atoms with Crippen LogP contribution in [0.15, 0.2) is 17.0 Å². The van der Waals surface area contributed by atoms with Gasteiger partial charge < -0.3 is 9.80 Å². The number of alkyl halides is 2. The summed E-state index contributed by atoms with van der Waals surface area (Å²) < 4.78 is 25.8. The van der Waals surface area contributed by atoms with Crippen LogP contribution in [-0.2, 0) is 9.84 Å². The van der Waals surface area contributed by atoms with Crippen molar-refractivity contribution in [1.82, 2.24) is 4.90 Å². The van der Waals surface area contributed by atoms with Gasteiger partial charge in [0.1, 0.15) is 0 Å². The van der Waals surface area contributed by atoms with Crippen LogP contribution in [0.25, 0.3) is 0 Å². The molecular formula is C15H23Br2N3O4S. The van der Waals surface area contributed by atoms with Crippen LogP contribution in [0.2, 0.25) is 0 Å². The number of halogens is 2. The summed E-state index contributed by atoms with van der Waals surface area (Å²) >= 11 is 6.77. The van der Waals surface area contributed by atoms with Crippen molar-refractivity contribution in [2.24, 2.45) is 0 Å². The highest BCUT2D eigenvalue weighted by Crippen LogP contribution is 2.34. The maximum absolute atomic E-state index is 12.9. The van der Waals surface area contributed by atoms with Gasteiger partial charge in [-0.2, -0.15) is 0 Å². The fourth-order valence-electron chi connectivity index (χ4n) is 2.43. The van der Waals surface area contributed by atoms with Gasteiger partial charge in [-0.05, 0) is 26.6 Å². The van der Waals surface area contributed by atoms with E-state index in [9.17, 15) is 18.5 Å². The summed E-state index contributed by atoms with van der Waals surface area (Å²) in [5.74, 6) is -0.0932. The predicted molar refractivity (Wildman–Crippen MR) is 108 cm³/mol. The van der Waals surface area contributed by atoms with Gasteiger partial charge in [-0.1, -0.05) is 31.9 Å². The molecule has 0 heterocycles. The molecule has 7 nitrogen and oxygen atoms in total. The van der Waals surface area contributed by atoms with Crippen LogP contribution < -0.4 is 4.90 Å². The molecule has 1 rings (SSSR count). The molecule has 0 unspecified atom stereocenters. The number of hydrogen-bond donors (Lipinski definition) is 0. The standard InChI is InChI=1S/C15H23Br2N3O4S/c1-12-10-13(20(21)22)11-14(25(23,24)9-8-18(2)3)15(12)19(6-4-16)7-5-17/h10-11H,4-9H2,1-3H3. The Morgan fingerprint density at radius 2 is 1.68 bits per heavy atom. The van der Waals surface area contributed by atoms with E-state index >= 15 is 0 Å². The monoisotopic (exact) mass is 499 g/mol. The van der Waals surface area contributed by atoms with E-state index in [0.29, 0.717) is 41.5 Å². The van der Waals surface area contributed by atoms with Crippen molar-refractivity contribution in [2.75, 3.05) is 55.0 Å². The van der Waals surface area contributed by atoms with Gasteiger partial charge in [0.05, 0.1) is 21.3 Å². The Morgan fingerprint density at radius 1 is 1.12 bits per heavy atom. The lowest BCUT2D eigenvalue weighted by atomic mass is 10.1. The molecule has 0 radical (unpaired) electrons. The lowest BCUT2D eigenvalue weighted by Crippen LogP contribution is -2.31. The molecule has 0 N–H and O–H groups in total. The van der Waals surface area contributed by atoms with Crippen LogP contribution in [0.3, 0.4) is 0 Å². The SMILES string of the molecule is Cc1cc([N+](=O)[O-])cc(S(=O)(=O)CCN(C)C)c1N(CCBr)CCBr. The van der Waals surface area contributed by atoms with Crippen LogP contribution in [0.4, 0.5) is 11.4 Å². The second kappa shape index (κ2) is 9.84. The first-order valence-electron chi connectivity index (χ1n) is 7.67. The molecule has 1 aromatic carbocycles. The number of aryl methyl sites for hydroxylation is 1. The Labute approximate surface area is 165 Å². The quantitative estimate of drug-likeness (QED) is 0.279. The summed E-state index contributed by atoms with van der Waals surface area (Å²) in [7, 11) is -0.0870. The van der Waals surface area contributed by atoms with Crippen molar-refractivity contribution < 1.29 is 13.3 Å². The van der Waals surface area contributed by atoms with Gasteiger partial charge in [0.15, 0.2) is 9.84 Å². The van der Waals surface area contributed by atoms with Gasteiger partial charge in [-0.3, -0.25) is 10.1 Å². The van der Waals surface area contributed by atoms with Crippen LogP contribution in [0, 0.1) is 17.0 Å². The first-order valence-corrected chi connectivity index (χ1v) is 11.6. The second-order valence-electron chi connectivity index (χ2n) is 5.85. The third-order valence-electron chi connectivity index (χ3n) is 3.63. The summed E-state index contributed by atoms with van der Waals surface area (Å²) in [4.78, 5) is 14.4. The highest BCUT2D eigenvalue weighted by atomic mass is 79.9. The number of anilines is 1. The van der Waals surface area contributed by atoms with E-state index in [1.165, 1.54) is 12.1 Å². The van der Waals surface area contributed by atoms with Crippen molar-refractivity contribution in [3.63, 3.8) is 0 Å². The zero-order chi connectivity index (χ0) is 19.2. The van der Waals surface area contributed by atoms with Crippen molar-refractivity contribution >= 4 is 53.1 Å². The minimum absolute atomic E-state index is 0.0305. The molecular weight excluding hydrogens is 478 g/mol. The number of nitrogens with zero attached hydrogens (tertiary/aromatic N) is 3. The smallest absolute Gasteiger partial charge is 0.271 e. The number of rotatable bonds is 10. The molecule has 0 atom stereocenters. The molecule has 1 aromatic rings. The molecule has 0 fully saturated rings. The van der Waals surface area contributed by atoms with Gasteiger partial charge in [-0.25, -0.2) is 8.42 Å². The number of non-ortho nitro benzene ring substituents is 1. The average Bonchev–Trinajstić information content (AvgIpc) is 2.52. The maximum Gasteiger partial charge on any atom is 0.271 e. The zero-order valence-corrected chi connectivity index (χ0v) is 18.5. The number of hydrogen-bond acceptors (Lipinski definition) is 6. The van der Waals surface area contributed by atoms with E-state index in [2.05, 4.69) is 31.9 Å². The lowest BCUT2D eigenvalue weighted by Gasteiger charge is -2.27. The lowest BCUT2D eigenvalue weighted by molar-refractivity contribution is -0.385. The molecule has 25 heavy (non-hydrogen) atoms. The molecule has 0 aromatic heterocycles. The molecule has 0 amide bonds. The van der Waals surface area contributed by atoms with Gasteiger partial charge >= 0.3 is 0 Å². The van der Waals surface area contributed by atoms with Crippen LogP contribution in [-0.4, -0.2) is 68.4 Å². The topological polar surface area (TPSA) is 83.8 Å². The summed E-state index contributed by atoms with van der Waals surface area (Å²) in [5, 5.41) is 12.5. The second-order valence-corrected chi connectivity index (χ2v) is 9.52. The largest absolute Gasteiger partial charge is 0.369 e. The van der Waals surface area contributed by atoms with Gasteiger partial charge in [-0.15, -0.1) is 0 Å². The summed E-state index contributed by atoms with van der Waals surface area (Å²) in [6.45, 7) is 3.25. The summed E-state index contributed by atoms with van der Waals surface area (Å²) in [6, 6.07) is 2.61. The van der Waals surface area contributed by atoms with E-state index in [-0.39, 0.29) is 16.3 Å². The van der Waals surface area contributed by atoms with Crippen molar-refractivity contribution in [2.45, 2.75) is 11.8 Å². The third kappa shape index (κ3) is 6.19. The molecule has 0 spiro atoms. The van der Waals surface area contributed by atoms with Gasteiger partial charge in [0.25, 0.3) is 5.69 Å². The first-order chi connectivity index (χ1) is 11.6. The number of nitro benzene ring substituents is 1. The van der Waals surface area contributed by atoms with Crippen molar-refractivity contribution in [1.29, 1.82) is 0 Å². The zero-order valence-electron chi connectivity index (χ0n) is 14.5. The molecule has 0 aliphatic carbocycles. The highest BCUT2D eigenvalue weighted by Gasteiger charge is 2.27. The molecule has 10 heteroatoms. The predicted octanol–water partition coefficient (Wildman–Crippen LogP) is 2.83. The molecule has 0 saturated carbocycles. The Hall–Kier alpha value is -0.710. The molecule has 0 saturated heterocycles. The van der Waals surface area contributed by atoms with Crippen LogP contribution >= 0.6 is 31.9 Å². The van der Waals surface area contributed by atoms with E-state index in [0.717, 1.165) is 0 Å². The van der Waals surface area contributed by atoms with Gasteiger partial charge in [0, 0.05) is 42.4 Å². The summed E-state index contributed by atoms with van der Waals surface area (Å²) in [5.41, 5.74) is 0.921. The normalized spacial score (nSPS) is 11.8. The van der Waals surface area contributed by atoms with E-state index < -0.39 is 14.8 Å². The Kier molecular flexibility index (Phi) is 8.79. The van der Waals surface area contributed by atoms with Crippen LogP contribution in [0.1, 0.15) is 5.56 Å². The van der Waals surface area contributed by atoms with E-state index in [4.69, 9.17) is 0 Å². The van der Waals surface area contributed by atoms with E-state index in [1.807, 2.05) is 4.90 Å². The fourth-order valence-corrected chi connectivity index (χ4v) is 5.00. The van der Waals surface area contributed by atoms with Crippen LogP contribution in [0.5, 0.6) is 0 Å². The Morgan fingerprint density at radius 3 is 2.12 bits per heavy atom. The number of benzene rings is 1. The summed E-state index contributed by atoms with van der Waals surface area (Å²) in [6.07, 6.45) is 0. The minimum Gasteiger partial charge on any atom is -0.369 e. The molecule has 142 valence electrons. The van der Waals surface area contributed by atoms with Gasteiger partial charge in [0.2, 0.25) is 0 Å². The van der Waals surface area contributed by atoms with Crippen molar-refractivity contribution in [3.05, 3.63) is 27.8 Å². The van der Waals surface area contributed by atoms with E-state index in [1.54, 1.807) is 25.9 Å². The Balaban J connectivity index is 3.56. The minimum atomic E-state index is -3.66. The number of sulfone groups is 1. The highest BCUT2D eigenvalue weighted by molar-refractivity contribution is 9.09.